The molecule has 4 nitrogen and oxygen atoms in total. The number of carbonyl (C=O) groups excluding carboxylic acids is 1. The summed E-state index contributed by atoms with van der Waals surface area (Å²) in [5.74, 6) is 1.05. The van der Waals surface area contributed by atoms with E-state index in [0.29, 0.717) is 0 Å². The molecule has 0 aliphatic carbocycles. The van der Waals surface area contributed by atoms with Gasteiger partial charge in [0.25, 0.3) is 5.91 Å². The van der Waals surface area contributed by atoms with Gasteiger partial charge in [-0.15, -0.1) is 0 Å². The summed E-state index contributed by atoms with van der Waals surface area (Å²) in [6.45, 7) is 1.75. The molecule has 23 heavy (non-hydrogen) atoms. The highest BCUT2D eigenvalue weighted by Gasteiger charge is 2.19. The van der Waals surface area contributed by atoms with Crippen LogP contribution in [-0.2, 0) is 0 Å². The normalized spacial score (nSPS) is 14.6. The summed E-state index contributed by atoms with van der Waals surface area (Å²) >= 11 is 0. The van der Waals surface area contributed by atoms with Gasteiger partial charge in [0.15, 0.2) is 0 Å². The van der Waals surface area contributed by atoms with Gasteiger partial charge in [-0.1, -0.05) is 12.1 Å². The summed E-state index contributed by atoms with van der Waals surface area (Å²) in [6.07, 6.45) is 5.24. The molecule has 0 saturated carbocycles. The largest absolute Gasteiger partial charge is 0.362 e. The first-order chi connectivity index (χ1) is 11.2. The zero-order chi connectivity index (χ0) is 16.2. The Morgan fingerprint density at radius 1 is 1.09 bits per heavy atom. The molecule has 1 aromatic heterocycles. The van der Waals surface area contributed by atoms with Crippen molar-refractivity contribution in [3.8, 4) is 11.1 Å². The van der Waals surface area contributed by atoms with Crippen LogP contribution in [0.25, 0.3) is 11.1 Å². The Morgan fingerprint density at radius 2 is 1.87 bits per heavy atom. The third-order valence-electron chi connectivity index (χ3n) is 4.27. The molecule has 2 heterocycles. The predicted octanol–water partition coefficient (Wildman–Crippen LogP) is 3.44. The van der Waals surface area contributed by atoms with Crippen LogP contribution in [0.1, 0.15) is 29.6 Å². The minimum absolute atomic E-state index is 0.141. The molecule has 1 aliphatic rings. The van der Waals surface area contributed by atoms with Crippen LogP contribution in [0.2, 0.25) is 0 Å². The fourth-order valence-electron chi connectivity index (χ4n) is 3.08. The number of pyridine rings is 1. The van der Waals surface area contributed by atoms with E-state index in [1.807, 2.05) is 60.3 Å². The van der Waals surface area contributed by atoms with Crippen molar-refractivity contribution in [1.29, 1.82) is 0 Å². The average Bonchev–Trinajstić information content (AvgIpc) is 2.62. The Balaban J connectivity index is 1.92. The Morgan fingerprint density at radius 3 is 2.61 bits per heavy atom. The standard InChI is InChI=1S/C19H23N3O/c1-21(2)18-17(10-7-11-20-18)15-8-6-9-16(14-15)19(23)22-12-4-3-5-13-22/h6-11,14H,3-5,12-13H2,1-2H3. The van der Waals surface area contributed by atoms with Crippen LogP contribution in [0.5, 0.6) is 0 Å². The van der Waals surface area contributed by atoms with Crippen molar-refractivity contribution in [2.45, 2.75) is 19.3 Å². The van der Waals surface area contributed by atoms with Crippen molar-refractivity contribution in [2.75, 3.05) is 32.1 Å². The Labute approximate surface area is 137 Å². The van der Waals surface area contributed by atoms with Crippen LogP contribution >= 0.6 is 0 Å². The highest BCUT2D eigenvalue weighted by atomic mass is 16.2. The Bertz CT molecular complexity index is 691. The summed E-state index contributed by atoms with van der Waals surface area (Å²) in [5.41, 5.74) is 2.84. The quantitative estimate of drug-likeness (QED) is 0.871. The zero-order valence-electron chi connectivity index (χ0n) is 13.8. The number of rotatable bonds is 3. The topological polar surface area (TPSA) is 36.4 Å². The maximum absolute atomic E-state index is 12.7. The second kappa shape index (κ2) is 6.82. The van der Waals surface area contributed by atoms with Crippen LogP contribution < -0.4 is 4.90 Å². The monoisotopic (exact) mass is 309 g/mol. The first kappa shape index (κ1) is 15.5. The summed E-state index contributed by atoms with van der Waals surface area (Å²) < 4.78 is 0. The smallest absolute Gasteiger partial charge is 0.253 e. The molecular weight excluding hydrogens is 286 g/mol. The number of likely N-dealkylation sites (tertiary alicyclic amines) is 1. The molecule has 3 rings (SSSR count). The molecule has 1 fully saturated rings. The molecule has 1 aromatic carbocycles. The van der Waals surface area contributed by atoms with Crippen LogP contribution in [0, 0.1) is 0 Å². The highest BCUT2D eigenvalue weighted by Crippen LogP contribution is 2.28. The van der Waals surface area contributed by atoms with Crippen molar-refractivity contribution < 1.29 is 4.79 Å². The molecule has 1 amide bonds. The van der Waals surface area contributed by atoms with E-state index in [0.717, 1.165) is 48.4 Å². The van der Waals surface area contributed by atoms with Gasteiger partial charge >= 0.3 is 0 Å². The van der Waals surface area contributed by atoms with E-state index in [1.54, 1.807) is 6.20 Å². The number of amides is 1. The number of anilines is 1. The molecule has 120 valence electrons. The predicted molar refractivity (Wildman–Crippen MR) is 93.8 cm³/mol. The van der Waals surface area contributed by atoms with Crippen molar-refractivity contribution in [1.82, 2.24) is 9.88 Å². The second-order valence-corrected chi connectivity index (χ2v) is 6.20. The Hall–Kier alpha value is -2.36. The van der Waals surface area contributed by atoms with Gasteiger partial charge in [-0.25, -0.2) is 4.98 Å². The molecule has 0 radical (unpaired) electrons. The van der Waals surface area contributed by atoms with Crippen LogP contribution in [0.15, 0.2) is 42.6 Å². The number of carbonyl (C=O) groups is 1. The molecule has 4 heteroatoms. The fraction of sp³-hybridized carbons (Fsp3) is 0.368. The maximum Gasteiger partial charge on any atom is 0.253 e. The van der Waals surface area contributed by atoms with E-state index in [4.69, 9.17) is 0 Å². The molecular formula is C19H23N3O. The van der Waals surface area contributed by atoms with Crippen molar-refractivity contribution in [2.24, 2.45) is 0 Å². The summed E-state index contributed by atoms with van der Waals surface area (Å²) in [4.78, 5) is 21.1. The summed E-state index contributed by atoms with van der Waals surface area (Å²) in [5, 5.41) is 0. The molecule has 2 aromatic rings. The van der Waals surface area contributed by atoms with Gasteiger partial charge < -0.3 is 9.80 Å². The molecule has 0 unspecified atom stereocenters. The lowest BCUT2D eigenvalue weighted by Gasteiger charge is -2.27. The van der Waals surface area contributed by atoms with Gasteiger partial charge in [-0.2, -0.15) is 0 Å². The van der Waals surface area contributed by atoms with Crippen LogP contribution in [0.3, 0.4) is 0 Å². The molecule has 0 atom stereocenters. The number of piperidine rings is 1. The third kappa shape index (κ3) is 3.36. The number of aromatic nitrogens is 1. The number of nitrogens with zero attached hydrogens (tertiary/aromatic N) is 3. The number of benzene rings is 1. The highest BCUT2D eigenvalue weighted by molar-refractivity contribution is 5.96. The second-order valence-electron chi connectivity index (χ2n) is 6.20. The lowest BCUT2D eigenvalue weighted by Crippen LogP contribution is -2.35. The van der Waals surface area contributed by atoms with Gasteiger partial charge in [0.1, 0.15) is 5.82 Å². The number of hydrogen-bond acceptors (Lipinski definition) is 3. The van der Waals surface area contributed by atoms with E-state index in [2.05, 4.69) is 4.98 Å². The van der Waals surface area contributed by atoms with Crippen LogP contribution in [0.4, 0.5) is 5.82 Å². The first-order valence-electron chi connectivity index (χ1n) is 8.19. The minimum atomic E-state index is 0.141. The van der Waals surface area contributed by atoms with Crippen molar-refractivity contribution >= 4 is 11.7 Å². The molecule has 1 saturated heterocycles. The summed E-state index contributed by atoms with van der Waals surface area (Å²) in [6, 6.07) is 11.9. The minimum Gasteiger partial charge on any atom is -0.362 e. The zero-order valence-corrected chi connectivity index (χ0v) is 13.8. The van der Waals surface area contributed by atoms with Gasteiger partial charge in [-0.05, 0) is 49.1 Å². The van der Waals surface area contributed by atoms with Gasteiger partial charge in [-0.3, -0.25) is 4.79 Å². The maximum atomic E-state index is 12.7. The van der Waals surface area contributed by atoms with E-state index in [9.17, 15) is 4.79 Å². The van der Waals surface area contributed by atoms with Gasteiger partial charge in [0.05, 0.1) is 0 Å². The SMILES string of the molecule is CN(C)c1ncccc1-c1cccc(C(=O)N2CCCCC2)c1. The summed E-state index contributed by atoms with van der Waals surface area (Å²) in [7, 11) is 3.96. The van der Waals surface area contributed by atoms with E-state index in [1.165, 1.54) is 6.42 Å². The third-order valence-corrected chi connectivity index (χ3v) is 4.27. The number of hydrogen-bond donors (Lipinski definition) is 0. The Kier molecular flexibility index (Phi) is 4.60. The molecule has 1 aliphatic heterocycles. The molecule has 0 N–H and O–H groups in total. The van der Waals surface area contributed by atoms with Crippen molar-refractivity contribution in [3.05, 3.63) is 48.2 Å². The first-order valence-corrected chi connectivity index (χ1v) is 8.19. The van der Waals surface area contributed by atoms with E-state index < -0.39 is 0 Å². The van der Waals surface area contributed by atoms with E-state index >= 15 is 0 Å². The van der Waals surface area contributed by atoms with Gasteiger partial charge in [0.2, 0.25) is 0 Å². The van der Waals surface area contributed by atoms with Crippen LogP contribution in [-0.4, -0.2) is 43.0 Å². The van der Waals surface area contributed by atoms with E-state index in [-0.39, 0.29) is 5.91 Å². The fourth-order valence-corrected chi connectivity index (χ4v) is 3.08. The molecule has 0 bridgehead atoms. The van der Waals surface area contributed by atoms with Crippen molar-refractivity contribution in [3.63, 3.8) is 0 Å². The lowest BCUT2D eigenvalue weighted by molar-refractivity contribution is 0.0724. The van der Waals surface area contributed by atoms with Gasteiger partial charge in [0, 0.05) is 44.5 Å². The molecule has 0 spiro atoms. The average molecular weight is 309 g/mol. The lowest BCUT2D eigenvalue weighted by atomic mass is 10.0.